The van der Waals surface area contributed by atoms with E-state index < -0.39 is 12.1 Å². The average Bonchev–Trinajstić information content (AvgIpc) is 2.90. The van der Waals surface area contributed by atoms with Crippen molar-refractivity contribution in [2.45, 2.75) is 12.5 Å². The predicted octanol–water partition coefficient (Wildman–Crippen LogP) is 1.26. The number of hydrogen-bond acceptors (Lipinski definition) is 3. The molecule has 6 nitrogen and oxygen atoms in total. The van der Waals surface area contributed by atoms with E-state index in [1.165, 1.54) is 0 Å². The molecule has 0 aromatic carbocycles. The van der Waals surface area contributed by atoms with Crippen LogP contribution < -0.4 is 0 Å². The summed E-state index contributed by atoms with van der Waals surface area (Å²) in [6.07, 6.45) is 3.16. The minimum absolute atomic E-state index is 0.0818. The Morgan fingerprint density at radius 3 is 3.00 bits per heavy atom. The molecule has 21 heavy (non-hydrogen) atoms. The molecule has 0 aliphatic carbocycles. The van der Waals surface area contributed by atoms with Gasteiger partial charge in [0.2, 0.25) is 0 Å². The molecule has 1 amide bonds. The van der Waals surface area contributed by atoms with Gasteiger partial charge in [-0.1, -0.05) is 6.07 Å². The molecule has 0 saturated carbocycles. The first kappa shape index (κ1) is 13.6. The number of pyridine rings is 1. The first-order valence-electron chi connectivity index (χ1n) is 6.83. The summed E-state index contributed by atoms with van der Waals surface area (Å²) in [6.45, 7) is 1.18. The average molecular weight is 288 g/mol. The van der Waals surface area contributed by atoms with Gasteiger partial charge in [0.15, 0.2) is 0 Å². The van der Waals surface area contributed by atoms with Crippen molar-refractivity contribution in [3.8, 4) is 0 Å². The summed E-state index contributed by atoms with van der Waals surface area (Å²) in [5.41, 5.74) is 1.56. The fourth-order valence-corrected chi connectivity index (χ4v) is 2.58. The number of aliphatic carboxylic acids is 1. The van der Waals surface area contributed by atoms with Crippen molar-refractivity contribution in [1.82, 2.24) is 9.30 Å². The zero-order valence-corrected chi connectivity index (χ0v) is 11.4. The van der Waals surface area contributed by atoms with Gasteiger partial charge in [0, 0.05) is 31.0 Å². The van der Waals surface area contributed by atoms with E-state index in [0.717, 1.165) is 5.52 Å². The van der Waals surface area contributed by atoms with E-state index in [1.807, 2.05) is 34.9 Å². The zero-order valence-electron chi connectivity index (χ0n) is 11.4. The Hall–Kier alpha value is -2.34. The molecule has 2 aromatic heterocycles. The zero-order chi connectivity index (χ0) is 14.8. The quantitative estimate of drug-likeness (QED) is 0.923. The number of carbonyl (C=O) groups is 2. The summed E-state index contributed by atoms with van der Waals surface area (Å²) in [7, 11) is 0. The highest BCUT2D eigenvalue weighted by molar-refractivity contribution is 5.95. The van der Waals surface area contributed by atoms with Gasteiger partial charge in [-0.15, -0.1) is 0 Å². The molecule has 0 spiro atoms. The third kappa shape index (κ3) is 2.90. The maximum atomic E-state index is 12.5. The minimum Gasteiger partial charge on any atom is -0.481 e. The molecular weight excluding hydrogens is 272 g/mol. The van der Waals surface area contributed by atoms with E-state index in [-0.39, 0.29) is 12.3 Å². The number of hydrogen-bond donors (Lipinski definition) is 1. The molecule has 1 saturated heterocycles. The minimum atomic E-state index is -0.913. The number of aromatic nitrogens is 1. The Morgan fingerprint density at radius 2 is 2.24 bits per heavy atom. The molecule has 1 aliphatic heterocycles. The Morgan fingerprint density at radius 1 is 1.38 bits per heavy atom. The fraction of sp³-hybridized carbons (Fsp3) is 0.333. The van der Waals surface area contributed by atoms with Gasteiger partial charge in [-0.05, 0) is 18.2 Å². The molecule has 1 aliphatic rings. The highest BCUT2D eigenvalue weighted by Crippen LogP contribution is 2.15. The first-order chi connectivity index (χ1) is 10.1. The van der Waals surface area contributed by atoms with E-state index in [0.29, 0.717) is 25.3 Å². The van der Waals surface area contributed by atoms with Gasteiger partial charge in [0.1, 0.15) is 0 Å². The molecular formula is C15H16N2O4. The lowest BCUT2D eigenvalue weighted by Gasteiger charge is -2.32. The van der Waals surface area contributed by atoms with E-state index >= 15 is 0 Å². The lowest BCUT2D eigenvalue weighted by Crippen LogP contribution is -2.46. The van der Waals surface area contributed by atoms with Crippen LogP contribution >= 0.6 is 0 Å². The summed E-state index contributed by atoms with van der Waals surface area (Å²) >= 11 is 0. The monoisotopic (exact) mass is 288 g/mol. The standard InChI is InChI=1S/C15H16N2O4/c18-14(19)8-13-10-17(5-6-21-13)15(20)11-7-12-3-1-2-4-16(12)9-11/h1-4,7,9,13H,5-6,8,10H2,(H,18,19)/t13-/m1/s1. The second-order valence-electron chi connectivity index (χ2n) is 5.10. The van der Waals surface area contributed by atoms with Crippen LogP contribution in [0, 0.1) is 0 Å². The smallest absolute Gasteiger partial charge is 0.306 e. The highest BCUT2D eigenvalue weighted by Gasteiger charge is 2.27. The third-order valence-electron chi connectivity index (χ3n) is 3.58. The number of carboxylic acids is 1. The van der Waals surface area contributed by atoms with E-state index in [4.69, 9.17) is 9.84 Å². The van der Waals surface area contributed by atoms with Crippen LogP contribution in [-0.2, 0) is 9.53 Å². The maximum Gasteiger partial charge on any atom is 0.306 e. The van der Waals surface area contributed by atoms with Crippen LogP contribution in [0.3, 0.4) is 0 Å². The second kappa shape index (κ2) is 5.57. The molecule has 0 bridgehead atoms. The topological polar surface area (TPSA) is 71.2 Å². The number of nitrogens with zero attached hydrogens (tertiary/aromatic N) is 2. The van der Waals surface area contributed by atoms with Crippen LogP contribution in [-0.4, -0.2) is 52.1 Å². The van der Waals surface area contributed by atoms with Crippen LogP contribution in [0.4, 0.5) is 0 Å². The Bertz CT molecular complexity index is 646. The Kier molecular flexibility index (Phi) is 3.62. The van der Waals surface area contributed by atoms with Crippen molar-refractivity contribution in [2.75, 3.05) is 19.7 Å². The lowest BCUT2D eigenvalue weighted by molar-refractivity contribution is -0.141. The maximum absolute atomic E-state index is 12.5. The summed E-state index contributed by atoms with van der Waals surface area (Å²) in [5.74, 6) is -0.999. The SMILES string of the molecule is O=C(O)C[C@@H]1CN(C(=O)c2cc3ccccn3c2)CCO1. The van der Waals surface area contributed by atoms with Crippen molar-refractivity contribution < 1.29 is 19.4 Å². The van der Waals surface area contributed by atoms with Crippen LogP contribution in [0.2, 0.25) is 0 Å². The molecule has 0 radical (unpaired) electrons. The molecule has 1 atom stereocenters. The summed E-state index contributed by atoms with van der Waals surface area (Å²) in [6, 6.07) is 7.59. The van der Waals surface area contributed by atoms with Gasteiger partial charge >= 0.3 is 5.97 Å². The van der Waals surface area contributed by atoms with Gasteiger partial charge in [0.05, 0.1) is 24.7 Å². The van der Waals surface area contributed by atoms with Crippen LogP contribution in [0.1, 0.15) is 16.8 Å². The van der Waals surface area contributed by atoms with Gasteiger partial charge in [0.25, 0.3) is 5.91 Å². The normalized spacial score (nSPS) is 18.9. The van der Waals surface area contributed by atoms with Crippen LogP contribution in [0.15, 0.2) is 36.7 Å². The number of carbonyl (C=O) groups excluding carboxylic acids is 1. The molecule has 6 heteroatoms. The Balaban J connectivity index is 1.76. The summed E-state index contributed by atoms with van der Waals surface area (Å²) in [5, 5.41) is 8.82. The highest BCUT2D eigenvalue weighted by atomic mass is 16.5. The molecule has 1 fully saturated rings. The van der Waals surface area contributed by atoms with Gasteiger partial charge in [-0.25, -0.2) is 0 Å². The number of carboxylic acid groups (broad SMARTS) is 1. The van der Waals surface area contributed by atoms with Crippen LogP contribution in [0.25, 0.3) is 5.52 Å². The lowest BCUT2D eigenvalue weighted by atomic mass is 10.2. The molecule has 2 aromatic rings. The van der Waals surface area contributed by atoms with Crippen molar-refractivity contribution in [2.24, 2.45) is 0 Å². The molecule has 110 valence electrons. The predicted molar refractivity (Wildman–Crippen MR) is 75.3 cm³/mol. The second-order valence-corrected chi connectivity index (χ2v) is 5.10. The number of ether oxygens (including phenoxy) is 1. The summed E-state index contributed by atoms with van der Waals surface area (Å²) < 4.78 is 7.28. The van der Waals surface area contributed by atoms with E-state index in [1.54, 1.807) is 11.1 Å². The van der Waals surface area contributed by atoms with Gasteiger partial charge in [-0.3, -0.25) is 9.59 Å². The first-order valence-corrected chi connectivity index (χ1v) is 6.83. The number of amides is 1. The molecule has 3 rings (SSSR count). The Labute approximate surface area is 121 Å². The van der Waals surface area contributed by atoms with Gasteiger partial charge < -0.3 is 19.1 Å². The molecule has 0 unspecified atom stereocenters. The third-order valence-corrected chi connectivity index (χ3v) is 3.58. The molecule has 1 N–H and O–H groups in total. The van der Waals surface area contributed by atoms with Crippen LogP contribution in [0.5, 0.6) is 0 Å². The number of fused-ring (bicyclic) bond motifs is 1. The van der Waals surface area contributed by atoms with Crippen molar-refractivity contribution in [1.29, 1.82) is 0 Å². The largest absolute Gasteiger partial charge is 0.481 e. The van der Waals surface area contributed by atoms with Crippen molar-refractivity contribution in [3.05, 3.63) is 42.2 Å². The number of morpholine rings is 1. The molecule has 3 heterocycles. The number of rotatable bonds is 3. The van der Waals surface area contributed by atoms with Gasteiger partial charge in [-0.2, -0.15) is 0 Å². The van der Waals surface area contributed by atoms with Crippen molar-refractivity contribution >= 4 is 17.4 Å². The fourth-order valence-electron chi connectivity index (χ4n) is 2.58. The van der Waals surface area contributed by atoms with Crippen molar-refractivity contribution in [3.63, 3.8) is 0 Å². The van der Waals surface area contributed by atoms with E-state index in [2.05, 4.69) is 0 Å². The van der Waals surface area contributed by atoms with E-state index in [9.17, 15) is 9.59 Å². The summed E-state index contributed by atoms with van der Waals surface area (Å²) in [4.78, 5) is 24.9.